The minimum Gasteiger partial charge on any atom is -0.404 e. The molecule has 0 saturated heterocycles. The lowest BCUT2D eigenvalue weighted by Gasteiger charge is -2.06. The van der Waals surface area contributed by atoms with Gasteiger partial charge in [0.25, 0.3) is 6.26 Å². The summed E-state index contributed by atoms with van der Waals surface area (Å²) < 4.78 is 19.1. The van der Waals surface area contributed by atoms with Crippen molar-refractivity contribution in [3.8, 4) is 17.8 Å². The zero-order valence-corrected chi connectivity index (χ0v) is 7.72. The van der Waals surface area contributed by atoms with Crippen molar-refractivity contribution in [2.24, 2.45) is 0 Å². The van der Waals surface area contributed by atoms with Gasteiger partial charge in [-0.3, -0.25) is 9.79 Å². The molecule has 74 valence electrons. The number of nitriles is 1. The number of benzene rings is 1. The molecule has 14 heavy (non-hydrogen) atoms. The maximum absolute atomic E-state index is 10.4. The normalized spacial score (nSPS) is 10.4. The Hall–Kier alpha value is -1.54. The molecule has 0 fully saturated rings. The molecule has 0 aromatic heterocycles. The van der Waals surface area contributed by atoms with Crippen LogP contribution in [0.15, 0.2) is 24.3 Å². The van der Waals surface area contributed by atoms with Crippen molar-refractivity contribution in [2.75, 3.05) is 0 Å². The first kappa shape index (κ1) is 10.5. The molecule has 0 saturated carbocycles. The first-order valence-corrected chi connectivity index (χ1v) is 4.95. The van der Waals surface area contributed by atoms with Crippen molar-refractivity contribution in [2.45, 2.75) is 0 Å². The maximum Gasteiger partial charge on any atom is 0.524 e. The molecule has 0 unspecified atom stereocenters. The topological polar surface area (TPSA) is 99.8 Å². The van der Waals surface area contributed by atoms with E-state index in [-0.39, 0.29) is 11.5 Å². The summed E-state index contributed by atoms with van der Waals surface area (Å²) in [4.78, 5) is 16.9. The van der Waals surface area contributed by atoms with E-state index in [1.807, 2.05) is 0 Å². The second-order valence-electron chi connectivity index (χ2n) is 2.25. The molecule has 0 aliphatic rings. The fourth-order valence-corrected chi connectivity index (χ4v) is 1.15. The SMILES string of the molecule is N#COc1ccc(OP(=O)(O)O)cc1. The van der Waals surface area contributed by atoms with Gasteiger partial charge in [-0.15, -0.1) is 5.26 Å². The summed E-state index contributed by atoms with van der Waals surface area (Å²) in [5, 5.41) is 8.15. The number of hydrogen-bond acceptors (Lipinski definition) is 4. The number of hydrogen-bond donors (Lipinski definition) is 2. The smallest absolute Gasteiger partial charge is 0.404 e. The molecule has 0 aliphatic heterocycles. The number of phosphoric ester groups is 1. The van der Waals surface area contributed by atoms with Gasteiger partial charge in [0.2, 0.25) is 0 Å². The summed E-state index contributed by atoms with van der Waals surface area (Å²) >= 11 is 0. The maximum atomic E-state index is 10.4. The quantitative estimate of drug-likeness (QED) is 0.576. The third-order valence-corrected chi connectivity index (χ3v) is 1.66. The first-order chi connectivity index (χ1) is 6.51. The van der Waals surface area contributed by atoms with Gasteiger partial charge in [-0.05, 0) is 24.3 Å². The highest BCUT2D eigenvalue weighted by Crippen LogP contribution is 2.37. The minimum atomic E-state index is -4.52. The Morgan fingerprint density at radius 3 is 2.14 bits per heavy atom. The van der Waals surface area contributed by atoms with E-state index in [1.54, 1.807) is 0 Å². The van der Waals surface area contributed by atoms with Gasteiger partial charge >= 0.3 is 7.82 Å². The Bertz CT molecular complexity index is 390. The molecule has 0 bridgehead atoms. The Morgan fingerprint density at radius 1 is 1.21 bits per heavy atom. The molecule has 0 aliphatic carbocycles. The van der Waals surface area contributed by atoms with Gasteiger partial charge in [0, 0.05) is 0 Å². The average molecular weight is 215 g/mol. The number of rotatable bonds is 3. The molecule has 0 amide bonds. The highest BCUT2D eigenvalue weighted by molar-refractivity contribution is 7.46. The molecule has 7 heteroatoms. The van der Waals surface area contributed by atoms with Crippen molar-refractivity contribution in [1.82, 2.24) is 0 Å². The molecule has 0 spiro atoms. The first-order valence-electron chi connectivity index (χ1n) is 3.42. The number of phosphoric acid groups is 1. The van der Waals surface area contributed by atoms with Crippen LogP contribution in [0.2, 0.25) is 0 Å². The van der Waals surface area contributed by atoms with Crippen LogP contribution in [0.4, 0.5) is 0 Å². The molecule has 0 radical (unpaired) electrons. The summed E-state index contributed by atoms with van der Waals surface area (Å²) in [5.74, 6) is 0.272. The van der Waals surface area contributed by atoms with Gasteiger partial charge in [0.15, 0.2) is 0 Å². The summed E-state index contributed by atoms with van der Waals surface area (Å²) in [6, 6.07) is 5.28. The average Bonchev–Trinajstić information content (AvgIpc) is 2.06. The molecule has 1 rings (SSSR count). The van der Waals surface area contributed by atoms with Crippen molar-refractivity contribution < 1.29 is 23.6 Å². The van der Waals surface area contributed by atoms with Crippen LogP contribution in [0.5, 0.6) is 11.5 Å². The van der Waals surface area contributed by atoms with E-state index in [0.717, 1.165) is 0 Å². The molecule has 0 heterocycles. The van der Waals surface area contributed by atoms with Crippen LogP contribution >= 0.6 is 7.82 Å². The van der Waals surface area contributed by atoms with E-state index in [2.05, 4.69) is 9.26 Å². The number of nitrogens with zero attached hydrogens (tertiary/aromatic N) is 1. The molecule has 1 aromatic rings. The molecule has 6 nitrogen and oxygen atoms in total. The van der Waals surface area contributed by atoms with E-state index in [9.17, 15) is 4.57 Å². The monoisotopic (exact) mass is 215 g/mol. The van der Waals surface area contributed by atoms with Crippen LogP contribution in [0.25, 0.3) is 0 Å². The van der Waals surface area contributed by atoms with Crippen LogP contribution in [-0.2, 0) is 4.57 Å². The van der Waals surface area contributed by atoms with Gasteiger partial charge in [0.05, 0.1) is 0 Å². The highest BCUT2D eigenvalue weighted by Gasteiger charge is 2.15. The molecule has 2 N–H and O–H groups in total. The molecular formula is C7H6NO5P. The van der Waals surface area contributed by atoms with Crippen LogP contribution in [0, 0.1) is 11.5 Å². The van der Waals surface area contributed by atoms with Crippen molar-refractivity contribution in [1.29, 1.82) is 5.26 Å². The van der Waals surface area contributed by atoms with E-state index in [4.69, 9.17) is 15.0 Å². The van der Waals surface area contributed by atoms with E-state index in [1.165, 1.54) is 30.5 Å². The van der Waals surface area contributed by atoms with E-state index < -0.39 is 7.82 Å². The van der Waals surface area contributed by atoms with Gasteiger partial charge in [0.1, 0.15) is 11.5 Å². The van der Waals surface area contributed by atoms with Crippen LogP contribution < -0.4 is 9.26 Å². The highest BCUT2D eigenvalue weighted by atomic mass is 31.2. The third-order valence-electron chi connectivity index (χ3n) is 1.21. The van der Waals surface area contributed by atoms with Crippen LogP contribution in [0.3, 0.4) is 0 Å². The summed E-state index contributed by atoms with van der Waals surface area (Å²) in [6.07, 6.45) is 1.46. The molecular weight excluding hydrogens is 209 g/mol. The van der Waals surface area contributed by atoms with Gasteiger partial charge in [-0.1, -0.05) is 0 Å². The summed E-state index contributed by atoms with van der Waals surface area (Å²) in [5.41, 5.74) is 0. The third kappa shape index (κ3) is 3.46. The fraction of sp³-hybridized carbons (Fsp3) is 0. The second-order valence-corrected chi connectivity index (χ2v) is 3.41. The minimum absolute atomic E-state index is 0.00335. The Labute approximate surface area is 79.6 Å². The Morgan fingerprint density at radius 2 is 1.71 bits per heavy atom. The van der Waals surface area contributed by atoms with Crippen LogP contribution in [-0.4, -0.2) is 9.79 Å². The zero-order chi connectivity index (χ0) is 10.6. The summed E-state index contributed by atoms with van der Waals surface area (Å²) in [7, 11) is -4.52. The second kappa shape index (κ2) is 4.11. The summed E-state index contributed by atoms with van der Waals surface area (Å²) in [6.45, 7) is 0. The van der Waals surface area contributed by atoms with Crippen molar-refractivity contribution >= 4 is 7.82 Å². The van der Waals surface area contributed by atoms with Crippen molar-refractivity contribution in [3.05, 3.63) is 24.3 Å². The predicted molar refractivity (Wildman–Crippen MR) is 45.4 cm³/mol. The van der Waals surface area contributed by atoms with E-state index >= 15 is 0 Å². The standard InChI is InChI=1S/C7H6NO5P/c8-5-12-6-1-3-7(4-2-6)13-14(9,10)11/h1-4H,(H2,9,10,11). The van der Waals surface area contributed by atoms with E-state index in [0.29, 0.717) is 0 Å². The van der Waals surface area contributed by atoms with Gasteiger partial charge < -0.3 is 9.26 Å². The van der Waals surface area contributed by atoms with Gasteiger partial charge in [-0.2, -0.15) is 0 Å². The fourth-order valence-electron chi connectivity index (χ4n) is 0.759. The molecule has 1 aromatic carbocycles. The largest absolute Gasteiger partial charge is 0.524 e. The lowest BCUT2D eigenvalue weighted by Crippen LogP contribution is -1.90. The lowest BCUT2D eigenvalue weighted by molar-refractivity contribution is 0.283. The Balaban J connectivity index is 2.75. The zero-order valence-electron chi connectivity index (χ0n) is 6.82. The number of ether oxygens (including phenoxy) is 1. The van der Waals surface area contributed by atoms with Gasteiger partial charge in [-0.25, -0.2) is 4.57 Å². The predicted octanol–water partition coefficient (Wildman–Crippen LogP) is 1.02. The van der Waals surface area contributed by atoms with Crippen molar-refractivity contribution in [3.63, 3.8) is 0 Å². The molecule has 0 atom stereocenters. The lowest BCUT2D eigenvalue weighted by atomic mass is 10.3. The Kier molecular flexibility index (Phi) is 3.10. The van der Waals surface area contributed by atoms with Crippen LogP contribution in [0.1, 0.15) is 0 Å².